The summed E-state index contributed by atoms with van der Waals surface area (Å²) in [5.74, 6) is 1.18. The van der Waals surface area contributed by atoms with Gasteiger partial charge >= 0.3 is 0 Å². The molecule has 1 unspecified atom stereocenters. The van der Waals surface area contributed by atoms with Crippen LogP contribution in [0.2, 0.25) is 0 Å². The van der Waals surface area contributed by atoms with E-state index in [-0.39, 0.29) is 11.8 Å². The van der Waals surface area contributed by atoms with E-state index < -0.39 is 0 Å². The molecule has 0 saturated carbocycles. The summed E-state index contributed by atoms with van der Waals surface area (Å²) < 4.78 is 11.9. The van der Waals surface area contributed by atoms with Crippen molar-refractivity contribution in [3.8, 4) is 5.75 Å². The molecule has 1 aromatic carbocycles. The number of carbonyl (C=O) groups excluding carboxylic acids is 2. The fourth-order valence-corrected chi connectivity index (χ4v) is 4.53. The van der Waals surface area contributed by atoms with E-state index in [0.29, 0.717) is 57.6 Å². The van der Waals surface area contributed by atoms with E-state index in [2.05, 4.69) is 15.2 Å². The Morgan fingerprint density at radius 2 is 2.09 bits per heavy atom. The molecule has 0 aliphatic carbocycles. The zero-order valence-electron chi connectivity index (χ0n) is 20.7. The van der Waals surface area contributed by atoms with Crippen LogP contribution in [0, 0.1) is 19.3 Å². The number of carbonyl (C=O) groups is 2. The van der Waals surface area contributed by atoms with Gasteiger partial charge in [0.15, 0.2) is 5.76 Å². The van der Waals surface area contributed by atoms with Crippen molar-refractivity contribution in [2.24, 2.45) is 0 Å². The zero-order chi connectivity index (χ0) is 25.3. The van der Waals surface area contributed by atoms with Gasteiger partial charge in [-0.2, -0.15) is 0 Å². The Hall–Kier alpha value is -3.85. The van der Waals surface area contributed by atoms with E-state index in [9.17, 15) is 9.59 Å². The molecule has 0 spiro atoms. The molecule has 3 N–H and O–H groups in total. The number of aromatic nitrogens is 1. The molecule has 1 aliphatic rings. The number of nitrogens with zero attached hydrogens (tertiary/aromatic N) is 2. The number of aromatic amines is 1. The lowest BCUT2D eigenvalue weighted by Crippen LogP contribution is -2.34. The summed E-state index contributed by atoms with van der Waals surface area (Å²) in [4.78, 5) is 32.6. The van der Waals surface area contributed by atoms with Crippen LogP contribution in [-0.2, 0) is 0 Å². The first-order valence-corrected chi connectivity index (χ1v) is 11.5. The summed E-state index contributed by atoms with van der Waals surface area (Å²) in [5.41, 5.74) is 2.99. The Bertz CT molecular complexity index is 1320. The highest BCUT2D eigenvalue weighted by Crippen LogP contribution is 2.32. The molecule has 0 bridgehead atoms. The van der Waals surface area contributed by atoms with Crippen molar-refractivity contribution in [2.45, 2.75) is 26.3 Å². The monoisotopic (exact) mass is 477 g/mol. The maximum Gasteiger partial charge on any atom is 0.255 e. The number of benzene rings is 1. The molecular weight excluding hydrogens is 446 g/mol. The number of ether oxygens (including phenoxy) is 1. The van der Waals surface area contributed by atoms with Crippen LogP contribution in [0.1, 0.15) is 44.2 Å². The molecule has 9 heteroatoms. The van der Waals surface area contributed by atoms with Crippen molar-refractivity contribution in [1.29, 1.82) is 5.41 Å². The van der Waals surface area contributed by atoms with Gasteiger partial charge in [-0.05, 0) is 52.1 Å². The van der Waals surface area contributed by atoms with Crippen LogP contribution in [0.3, 0.4) is 0 Å². The van der Waals surface area contributed by atoms with E-state index in [1.807, 2.05) is 25.9 Å². The summed E-state index contributed by atoms with van der Waals surface area (Å²) in [7, 11) is 5.64. The van der Waals surface area contributed by atoms with Gasteiger partial charge in [0.2, 0.25) is 0 Å². The van der Waals surface area contributed by atoms with E-state index >= 15 is 0 Å². The van der Waals surface area contributed by atoms with Crippen LogP contribution in [0.25, 0.3) is 16.7 Å². The van der Waals surface area contributed by atoms with Gasteiger partial charge in [0, 0.05) is 56.1 Å². The second kappa shape index (κ2) is 9.79. The predicted octanol–water partition coefficient (Wildman–Crippen LogP) is 3.58. The molecule has 1 saturated heterocycles. The molecule has 9 nitrogen and oxygen atoms in total. The molecular formula is C26H31N5O4. The average Bonchev–Trinajstić information content (AvgIpc) is 3.54. The van der Waals surface area contributed by atoms with Crippen molar-refractivity contribution in [3.63, 3.8) is 0 Å². The third kappa shape index (κ3) is 4.59. The number of aryl methyl sites for hydroxylation is 1. The summed E-state index contributed by atoms with van der Waals surface area (Å²) in [6.07, 6.45) is 5.32. The minimum Gasteiger partial charge on any atom is -0.460 e. The molecule has 3 aromatic rings. The highest BCUT2D eigenvalue weighted by atomic mass is 16.5. The lowest BCUT2D eigenvalue weighted by molar-refractivity contribution is 0.0782. The fourth-order valence-electron chi connectivity index (χ4n) is 4.53. The first-order valence-electron chi connectivity index (χ1n) is 11.5. The summed E-state index contributed by atoms with van der Waals surface area (Å²) >= 11 is 0. The Morgan fingerprint density at radius 3 is 2.74 bits per heavy atom. The molecule has 2 amide bonds. The van der Waals surface area contributed by atoms with E-state index in [0.717, 1.165) is 24.7 Å². The minimum atomic E-state index is -0.214. The van der Waals surface area contributed by atoms with Crippen LogP contribution >= 0.6 is 0 Å². The van der Waals surface area contributed by atoms with Crippen LogP contribution < -0.4 is 10.1 Å². The van der Waals surface area contributed by atoms with Gasteiger partial charge in [-0.15, -0.1) is 0 Å². The van der Waals surface area contributed by atoms with Gasteiger partial charge in [0.05, 0.1) is 16.8 Å². The minimum absolute atomic E-state index is 0.0160. The summed E-state index contributed by atoms with van der Waals surface area (Å²) in [6.45, 7) is 5.04. The van der Waals surface area contributed by atoms with Gasteiger partial charge in [-0.3, -0.25) is 9.59 Å². The first kappa shape index (κ1) is 24.3. The number of furan rings is 1. The molecule has 4 rings (SSSR count). The number of allylic oxidation sites excluding steroid dienone is 1. The standard InChI is InChI=1S/C26H31N5O4/c1-15-20(26(33)31-11-9-17(14-31)30(4)5)13-29-24(15)21(8-10-27)35-18-6-7-19-22(12-18)34-16(2)23(19)25(32)28-3/h6-8,10,12-13,17,27,29H,9,11,14H2,1-5H3,(H,28,32)/b21-8+,27-10?. The summed E-state index contributed by atoms with van der Waals surface area (Å²) in [6, 6.07) is 5.59. The number of H-pyrrole nitrogens is 1. The predicted molar refractivity (Wildman–Crippen MR) is 135 cm³/mol. The van der Waals surface area contributed by atoms with Crippen LogP contribution in [0.15, 0.2) is 34.9 Å². The largest absolute Gasteiger partial charge is 0.460 e. The van der Waals surface area contributed by atoms with Crippen molar-refractivity contribution in [3.05, 3.63) is 58.6 Å². The molecule has 1 fully saturated rings. The highest BCUT2D eigenvalue weighted by molar-refractivity contribution is 6.07. The molecule has 2 aromatic heterocycles. The molecule has 184 valence electrons. The summed E-state index contributed by atoms with van der Waals surface area (Å²) in [5, 5.41) is 10.9. The zero-order valence-corrected chi connectivity index (χ0v) is 20.7. The number of nitrogens with one attached hydrogen (secondary N) is 3. The van der Waals surface area contributed by atoms with Gasteiger partial charge in [0.25, 0.3) is 11.8 Å². The van der Waals surface area contributed by atoms with Crippen LogP contribution in [-0.4, -0.2) is 73.1 Å². The smallest absolute Gasteiger partial charge is 0.255 e. The van der Waals surface area contributed by atoms with E-state index in [4.69, 9.17) is 14.6 Å². The van der Waals surface area contributed by atoms with Crippen LogP contribution in [0.4, 0.5) is 0 Å². The Kier molecular flexibility index (Phi) is 6.79. The van der Waals surface area contributed by atoms with Gasteiger partial charge in [-0.25, -0.2) is 0 Å². The van der Waals surface area contributed by atoms with Crippen LogP contribution in [0.5, 0.6) is 5.75 Å². The number of fused-ring (bicyclic) bond motifs is 1. The third-order valence-corrected chi connectivity index (χ3v) is 6.55. The Labute approximate surface area is 204 Å². The number of hydrogen-bond donors (Lipinski definition) is 3. The fraction of sp³-hybridized carbons (Fsp3) is 0.346. The second-order valence-electron chi connectivity index (χ2n) is 8.93. The first-order chi connectivity index (χ1) is 16.7. The highest BCUT2D eigenvalue weighted by Gasteiger charge is 2.30. The maximum atomic E-state index is 13.2. The quantitative estimate of drug-likeness (QED) is 0.355. The Balaban J connectivity index is 1.59. The molecule has 0 radical (unpaired) electrons. The second-order valence-corrected chi connectivity index (χ2v) is 8.93. The van der Waals surface area contributed by atoms with Gasteiger partial charge in [-0.1, -0.05) is 0 Å². The number of likely N-dealkylation sites (tertiary alicyclic amines) is 1. The normalized spacial score (nSPS) is 16.2. The lowest BCUT2D eigenvalue weighted by Gasteiger charge is -2.20. The lowest BCUT2D eigenvalue weighted by atomic mass is 10.1. The Morgan fingerprint density at radius 1 is 1.31 bits per heavy atom. The van der Waals surface area contributed by atoms with Gasteiger partial charge in [0.1, 0.15) is 17.1 Å². The van der Waals surface area contributed by atoms with Gasteiger partial charge < -0.3 is 34.7 Å². The number of likely N-dealkylation sites (N-methyl/N-ethyl adjacent to an activating group) is 1. The molecule has 3 heterocycles. The maximum absolute atomic E-state index is 13.2. The SMILES string of the molecule is CNC(=O)c1c(C)oc2cc(O/C(=C/C=N)c3[nH]cc(C(=O)N4CCC(N(C)C)C4)c3C)ccc12. The van der Waals surface area contributed by atoms with E-state index in [1.54, 1.807) is 38.4 Å². The van der Waals surface area contributed by atoms with Crippen molar-refractivity contribution in [2.75, 3.05) is 34.2 Å². The van der Waals surface area contributed by atoms with E-state index in [1.165, 1.54) is 6.08 Å². The topological polar surface area (TPSA) is 115 Å². The molecule has 35 heavy (non-hydrogen) atoms. The van der Waals surface area contributed by atoms with Crippen molar-refractivity contribution in [1.82, 2.24) is 20.1 Å². The van der Waals surface area contributed by atoms with Crippen molar-refractivity contribution < 1.29 is 18.7 Å². The third-order valence-electron chi connectivity index (χ3n) is 6.55. The number of hydrogen-bond acceptors (Lipinski definition) is 6. The molecule has 1 aliphatic heterocycles. The number of rotatable bonds is 7. The molecule has 1 atom stereocenters. The number of amides is 2. The average molecular weight is 478 g/mol. The van der Waals surface area contributed by atoms with Crippen molar-refractivity contribution >= 4 is 34.8 Å².